The number of amides is 1. The minimum atomic E-state index is -0.984. The zero-order chi connectivity index (χ0) is 13.1. The lowest BCUT2D eigenvalue weighted by atomic mass is 10.2. The molecule has 1 amide bonds. The summed E-state index contributed by atoms with van der Waals surface area (Å²) in [5.74, 6) is -0.649. The Hall–Kier alpha value is -1.60. The van der Waals surface area contributed by atoms with Gasteiger partial charge in [0.15, 0.2) is 0 Å². The molecule has 0 spiro atoms. The van der Waals surface area contributed by atoms with Gasteiger partial charge in [-0.1, -0.05) is 30.0 Å². The number of carboxylic acids is 1. The Kier molecular flexibility index (Phi) is 3.83. The summed E-state index contributed by atoms with van der Waals surface area (Å²) < 4.78 is 0.543. The molecule has 1 saturated heterocycles. The average molecular weight is 282 g/mol. The first-order valence-electron chi connectivity index (χ1n) is 5.12. The Labute approximate surface area is 113 Å². The number of aromatic carboxylic acids is 1. The quantitative estimate of drug-likeness (QED) is 0.818. The number of carboxylic acid groups (broad SMARTS) is 1. The Morgan fingerprint density at radius 2 is 2.33 bits per heavy atom. The van der Waals surface area contributed by atoms with Crippen molar-refractivity contribution in [3.05, 3.63) is 29.8 Å². The van der Waals surface area contributed by atoms with Gasteiger partial charge in [0.1, 0.15) is 4.32 Å². The number of rotatable bonds is 4. The molecule has 0 saturated carbocycles. The maximum absolute atomic E-state index is 11.5. The first-order chi connectivity index (χ1) is 8.58. The smallest absolute Gasteiger partial charge is 0.335 e. The van der Waals surface area contributed by atoms with Crippen molar-refractivity contribution in [2.24, 2.45) is 0 Å². The van der Waals surface area contributed by atoms with E-state index >= 15 is 0 Å². The molecule has 1 aromatic carbocycles. The zero-order valence-corrected chi connectivity index (χ0v) is 10.9. The molecule has 2 rings (SSSR count). The first-order valence-corrected chi connectivity index (χ1v) is 6.51. The van der Waals surface area contributed by atoms with Crippen molar-refractivity contribution in [2.75, 3.05) is 17.7 Å². The molecule has 1 aromatic rings. The largest absolute Gasteiger partial charge is 0.478 e. The van der Waals surface area contributed by atoms with Crippen LogP contribution in [0.1, 0.15) is 10.4 Å². The van der Waals surface area contributed by atoms with Crippen LogP contribution in [-0.4, -0.2) is 38.6 Å². The van der Waals surface area contributed by atoms with E-state index in [0.29, 0.717) is 15.8 Å². The van der Waals surface area contributed by atoms with E-state index in [0.717, 1.165) is 0 Å². The van der Waals surface area contributed by atoms with Crippen LogP contribution in [0.5, 0.6) is 0 Å². The first kappa shape index (κ1) is 12.8. The molecule has 2 N–H and O–H groups in total. The number of benzene rings is 1. The number of thioether (sulfide) groups is 1. The highest BCUT2D eigenvalue weighted by molar-refractivity contribution is 8.23. The fourth-order valence-corrected chi connectivity index (χ4v) is 2.53. The van der Waals surface area contributed by atoms with Gasteiger partial charge in [-0.2, -0.15) is 0 Å². The molecule has 5 nitrogen and oxygen atoms in total. The summed E-state index contributed by atoms with van der Waals surface area (Å²) in [6.45, 7) is 0.258. The Bertz CT molecular complexity index is 503. The van der Waals surface area contributed by atoms with E-state index in [4.69, 9.17) is 17.3 Å². The van der Waals surface area contributed by atoms with Crippen molar-refractivity contribution in [1.29, 1.82) is 0 Å². The summed E-state index contributed by atoms with van der Waals surface area (Å²) >= 11 is 6.36. The lowest BCUT2D eigenvalue weighted by Gasteiger charge is -2.16. The summed E-state index contributed by atoms with van der Waals surface area (Å²) in [4.78, 5) is 23.7. The van der Waals surface area contributed by atoms with Crippen molar-refractivity contribution in [2.45, 2.75) is 0 Å². The highest BCUT2D eigenvalue weighted by atomic mass is 32.2. The lowest BCUT2D eigenvalue weighted by molar-refractivity contribution is -0.123. The summed E-state index contributed by atoms with van der Waals surface area (Å²) in [5, 5.41) is 11.8. The highest BCUT2D eigenvalue weighted by Gasteiger charge is 2.25. The molecule has 0 aromatic heterocycles. The fourth-order valence-electron chi connectivity index (χ4n) is 1.47. The standard InChI is InChI=1S/C11H10N2O3S2/c14-9-5-18-11(17)13(9)6-12-8-3-1-2-7(4-8)10(15)16/h1-4,12H,5-6H2,(H,15,16). The number of anilines is 1. The lowest BCUT2D eigenvalue weighted by Crippen LogP contribution is -2.33. The van der Waals surface area contributed by atoms with E-state index in [1.165, 1.54) is 28.8 Å². The van der Waals surface area contributed by atoms with E-state index < -0.39 is 5.97 Å². The van der Waals surface area contributed by atoms with Gasteiger partial charge in [-0.25, -0.2) is 4.79 Å². The molecule has 1 aliphatic heterocycles. The molecule has 94 valence electrons. The van der Waals surface area contributed by atoms with E-state index in [9.17, 15) is 9.59 Å². The third kappa shape index (κ3) is 2.80. The minimum Gasteiger partial charge on any atom is -0.478 e. The Balaban J connectivity index is 2.02. The predicted molar refractivity (Wildman–Crippen MR) is 73.8 cm³/mol. The van der Waals surface area contributed by atoms with Crippen LogP contribution in [0.4, 0.5) is 5.69 Å². The SMILES string of the molecule is O=C(O)c1cccc(NCN2C(=O)CSC2=S)c1. The number of carbonyl (C=O) groups excluding carboxylic acids is 1. The van der Waals surface area contributed by atoms with Gasteiger partial charge >= 0.3 is 5.97 Å². The molecular formula is C11H10N2O3S2. The van der Waals surface area contributed by atoms with Gasteiger partial charge in [0.2, 0.25) is 5.91 Å². The maximum atomic E-state index is 11.5. The summed E-state index contributed by atoms with van der Waals surface area (Å²) in [5.41, 5.74) is 0.840. The fraction of sp³-hybridized carbons (Fsp3) is 0.182. The van der Waals surface area contributed by atoms with E-state index in [2.05, 4.69) is 5.32 Å². The molecule has 7 heteroatoms. The van der Waals surface area contributed by atoms with E-state index in [-0.39, 0.29) is 18.1 Å². The van der Waals surface area contributed by atoms with Gasteiger partial charge in [0, 0.05) is 5.69 Å². The number of hydrogen-bond acceptors (Lipinski definition) is 5. The number of nitrogens with one attached hydrogen (secondary N) is 1. The molecule has 1 fully saturated rings. The molecule has 1 aliphatic rings. The van der Waals surface area contributed by atoms with Crippen LogP contribution in [0.3, 0.4) is 0 Å². The van der Waals surface area contributed by atoms with Gasteiger partial charge in [-0.15, -0.1) is 0 Å². The molecule has 18 heavy (non-hydrogen) atoms. The van der Waals surface area contributed by atoms with Crippen molar-refractivity contribution < 1.29 is 14.7 Å². The van der Waals surface area contributed by atoms with Crippen LogP contribution in [0.15, 0.2) is 24.3 Å². The number of hydrogen-bond donors (Lipinski definition) is 2. The third-order valence-electron chi connectivity index (χ3n) is 2.39. The topological polar surface area (TPSA) is 69.6 Å². The molecule has 0 aliphatic carbocycles. The summed E-state index contributed by atoms with van der Waals surface area (Å²) in [6.07, 6.45) is 0. The van der Waals surface area contributed by atoms with Crippen molar-refractivity contribution in [3.63, 3.8) is 0 Å². The van der Waals surface area contributed by atoms with Gasteiger partial charge in [-0.3, -0.25) is 9.69 Å². The molecule has 1 heterocycles. The maximum Gasteiger partial charge on any atom is 0.335 e. The summed E-state index contributed by atoms with van der Waals surface area (Å²) in [7, 11) is 0. The molecule has 0 atom stereocenters. The van der Waals surface area contributed by atoms with Crippen LogP contribution in [0.2, 0.25) is 0 Å². The van der Waals surface area contributed by atoms with E-state index in [1.807, 2.05) is 0 Å². The number of nitrogens with zero attached hydrogens (tertiary/aromatic N) is 1. The van der Waals surface area contributed by atoms with Gasteiger partial charge in [0.05, 0.1) is 18.0 Å². The third-order valence-corrected chi connectivity index (χ3v) is 3.82. The van der Waals surface area contributed by atoms with Crippen LogP contribution in [-0.2, 0) is 4.79 Å². The van der Waals surface area contributed by atoms with Crippen molar-refractivity contribution in [3.8, 4) is 0 Å². The number of carbonyl (C=O) groups is 2. The van der Waals surface area contributed by atoms with Gasteiger partial charge in [0.25, 0.3) is 0 Å². The van der Waals surface area contributed by atoms with E-state index in [1.54, 1.807) is 12.1 Å². The summed E-state index contributed by atoms with van der Waals surface area (Å²) in [6, 6.07) is 6.40. The highest BCUT2D eigenvalue weighted by Crippen LogP contribution is 2.19. The molecule has 0 radical (unpaired) electrons. The van der Waals surface area contributed by atoms with Crippen LogP contribution < -0.4 is 5.32 Å². The Morgan fingerprint density at radius 1 is 1.56 bits per heavy atom. The second-order valence-corrected chi connectivity index (χ2v) is 5.21. The number of thiocarbonyl (C=S) groups is 1. The monoisotopic (exact) mass is 282 g/mol. The van der Waals surface area contributed by atoms with Gasteiger partial charge < -0.3 is 10.4 Å². The second kappa shape index (κ2) is 5.36. The second-order valence-electron chi connectivity index (χ2n) is 3.60. The van der Waals surface area contributed by atoms with Crippen LogP contribution in [0, 0.1) is 0 Å². The normalized spacial score (nSPS) is 15.0. The van der Waals surface area contributed by atoms with Gasteiger partial charge in [-0.05, 0) is 18.2 Å². The van der Waals surface area contributed by atoms with Crippen molar-refractivity contribution >= 4 is 45.9 Å². The van der Waals surface area contributed by atoms with Crippen LogP contribution in [0.25, 0.3) is 0 Å². The minimum absolute atomic E-state index is 0.0353. The Morgan fingerprint density at radius 3 is 2.94 bits per heavy atom. The van der Waals surface area contributed by atoms with Crippen LogP contribution >= 0.6 is 24.0 Å². The molecular weight excluding hydrogens is 272 g/mol. The van der Waals surface area contributed by atoms with Crippen molar-refractivity contribution in [1.82, 2.24) is 4.90 Å². The molecule has 0 bridgehead atoms. The zero-order valence-electron chi connectivity index (χ0n) is 9.25. The predicted octanol–water partition coefficient (Wildman–Crippen LogP) is 1.61. The average Bonchev–Trinajstić information content (AvgIpc) is 2.67. The molecule has 0 unspecified atom stereocenters.